The van der Waals surface area contributed by atoms with Gasteiger partial charge in [-0.3, -0.25) is 0 Å². The maximum Gasteiger partial charge on any atom is 0.354 e. The number of para-hydroxylation sites is 1. The number of carbonyl (C=O) groups is 1. The number of nitrogens with zero attached hydrogens (tertiary/aromatic N) is 1. The first-order valence-corrected chi connectivity index (χ1v) is 10.4. The molecule has 1 aliphatic heterocycles. The lowest BCUT2D eigenvalue weighted by Gasteiger charge is -2.47. The van der Waals surface area contributed by atoms with Gasteiger partial charge in [0.2, 0.25) is 0 Å². The van der Waals surface area contributed by atoms with Gasteiger partial charge in [-0.15, -0.1) is 0 Å². The molecule has 0 amide bonds. The van der Waals surface area contributed by atoms with E-state index in [4.69, 9.17) is 24.7 Å². The molecule has 0 aliphatic carbocycles. The van der Waals surface area contributed by atoms with Crippen molar-refractivity contribution in [3.8, 4) is 5.75 Å². The molecule has 32 heavy (non-hydrogen) atoms. The number of hydrogen-bond donors (Lipinski definition) is 2. The molecule has 0 bridgehead atoms. The van der Waals surface area contributed by atoms with Crippen LogP contribution in [-0.2, 0) is 14.2 Å². The molecular formula is C24H28N2O6. The normalized spacial score (nSPS) is 22.6. The Morgan fingerprint density at radius 3 is 2.62 bits per heavy atom. The zero-order chi connectivity index (χ0) is 23.0. The Hall–Kier alpha value is -3.07. The summed E-state index contributed by atoms with van der Waals surface area (Å²) in [7, 11) is 2.97. The summed E-state index contributed by atoms with van der Waals surface area (Å²) in [6.07, 6.45) is -2.04. The van der Waals surface area contributed by atoms with Crippen LogP contribution in [0.15, 0.2) is 48.5 Å². The van der Waals surface area contributed by atoms with Gasteiger partial charge in [-0.1, -0.05) is 18.2 Å². The highest BCUT2D eigenvalue weighted by Crippen LogP contribution is 2.46. The highest BCUT2D eigenvalue weighted by atomic mass is 16.7. The SMILES string of the molecule is CCOC(=O)c1cc2ccccc2n1[C@@H]1c2cc(N)ccc2O[C@](C)(C(OC)OC)[C@@H]1O. The van der Waals surface area contributed by atoms with Gasteiger partial charge in [0.1, 0.15) is 17.5 Å². The van der Waals surface area contributed by atoms with Crippen molar-refractivity contribution in [1.29, 1.82) is 0 Å². The Morgan fingerprint density at radius 2 is 1.94 bits per heavy atom. The standard InChI is InChI=1S/C24H28N2O6/c1-5-31-22(28)18-12-14-8-6-7-9-17(14)26(18)20-16-13-15(25)10-11-19(16)32-24(2,21(20)27)23(29-3)30-4/h6-13,20-21,23,27H,5,25H2,1-4H3/t20-,21-,24+/m1/s1. The zero-order valence-corrected chi connectivity index (χ0v) is 18.6. The summed E-state index contributed by atoms with van der Waals surface area (Å²) in [5.74, 6) is 0.0354. The van der Waals surface area contributed by atoms with Crippen molar-refractivity contribution in [2.45, 2.75) is 37.9 Å². The van der Waals surface area contributed by atoms with E-state index in [1.807, 2.05) is 24.3 Å². The lowest BCUT2D eigenvalue weighted by Crippen LogP contribution is -2.60. The van der Waals surface area contributed by atoms with Gasteiger partial charge in [0, 0.05) is 36.4 Å². The van der Waals surface area contributed by atoms with Crippen molar-refractivity contribution < 1.29 is 28.8 Å². The van der Waals surface area contributed by atoms with Crippen molar-refractivity contribution >= 4 is 22.6 Å². The Kier molecular flexibility index (Phi) is 5.85. The van der Waals surface area contributed by atoms with Crippen LogP contribution in [0.5, 0.6) is 5.75 Å². The summed E-state index contributed by atoms with van der Waals surface area (Å²) in [6, 6.07) is 13.8. The van der Waals surface area contributed by atoms with Crippen LogP contribution in [0.3, 0.4) is 0 Å². The Balaban J connectivity index is 2.01. The maximum absolute atomic E-state index is 12.9. The minimum atomic E-state index is -1.28. The monoisotopic (exact) mass is 440 g/mol. The molecule has 3 aromatic rings. The average molecular weight is 440 g/mol. The largest absolute Gasteiger partial charge is 0.479 e. The van der Waals surface area contributed by atoms with E-state index in [-0.39, 0.29) is 6.61 Å². The van der Waals surface area contributed by atoms with Gasteiger partial charge >= 0.3 is 5.97 Å². The predicted octanol–water partition coefficient (Wildman–Crippen LogP) is 3.12. The van der Waals surface area contributed by atoms with Crippen molar-refractivity contribution in [3.05, 3.63) is 59.8 Å². The fourth-order valence-electron chi connectivity index (χ4n) is 4.54. The highest BCUT2D eigenvalue weighted by molar-refractivity contribution is 5.96. The molecule has 2 heterocycles. The molecule has 0 saturated heterocycles. The second-order valence-electron chi connectivity index (χ2n) is 7.96. The molecule has 2 aromatic carbocycles. The van der Waals surface area contributed by atoms with Gasteiger partial charge in [-0.25, -0.2) is 4.79 Å². The number of aromatic nitrogens is 1. The lowest BCUT2D eigenvalue weighted by molar-refractivity contribution is -0.238. The van der Waals surface area contributed by atoms with E-state index in [9.17, 15) is 9.90 Å². The summed E-state index contributed by atoms with van der Waals surface area (Å²) >= 11 is 0. The van der Waals surface area contributed by atoms with E-state index in [1.165, 1.54) is 14.2 Å². The fraction of sp³-hybridized carbons (Fsp3) is 0.375. The molecule has 1 aliphatic rings. The van der Waals surface area contributed by atoms with Gasteiger partial charge in [-0.05, 0) is 44.2 Å². The maximum atomic E-state index is 12.9. The van der Waals surface area contributed by atoms with E-state index in [2.05, 4.69) is 0 Å². The van der Waals surface area contributed by atoms with Crippen molar-refractivity contribution in [1.82, 2.24) is 4.57 Å². The van der Waals surface area contributed by atoms with Crippen LogP contribution in [0.1, 0.15) is 35.9 Å². The molecule has 8 heteroatoms. The van der Waals surface area contributed by atoms with Crippen molar-refractivity contribution in [2.75, 3.05) is 26.6 Å². The topological polar surface area (TPSA) is 105 Å². The molecule has 0 fully saturated rings. The van der Waals surface area contributed by atoms with Crippen LogP contribution in [-0.4, -0.2) is 54.5 Å². The lowest BCUT2D eigenvalue weighted by atomic mass is 9.84. The molecule has 0 spiro atoms. The van der Waals surface area contributed by atoms with E-state index in [1.54, 1.807) is 42.7 Å². The Labute approximate surface area is 186 Å². The van der Waals surface area contributed by atoms with Crippen LogP contribution in [0, 0.1) is 0 Å². The Morgan fingerprint density at radius 1 is 1.22 bits per heavy atom. The first-order valence-electron chi connectivity index (χ1n) is 10.4. The van der Waals surface area contributed by atoms with Gasteiger partial charge in [0.25, 0.3) is 0 Å². The number of esters is 1. The van der Waals surface area contributed by atoms with Crippen LogP contribution in [0.25, 0.3) is 10.9 Å². The van der Waals surface area contributed by atoms with E-state index >= 15 is 0 Å². The van der Waals surface area contributed by atoms with Gasteiger partial charge in [0.15, 0.2) is 11.9 Å². The second-order valence-corrected chi connectivity index (χ2v) is 7.96. The van der Waals surface area contributed by atoms with Gasteiger partial charge in [-0.2, -0.15) is 0 Å². The minimum Gasteiger partial charge on any atom is -0.479 e. The average Bonchev–Trinajstić information content (AvgIpc) is 3.16. The number of rotatable bonds is 6. The molecule has 8 nitrogen and oxygen atoms in total. The van der Waals surface area contributed by atoms with E-state index < -0.39 is 30.0 Å². The van der Waals surface area contributed by atoms with Crippen LogP contribution in [0.4, 0.5) is 5.69 Å². The third kappa shape index (κ3) is 3.40. The second kappa shape index (κ2) is 8.46. The molecular weight excluding hydrogens is 412 g/mol. The van der Waals surface area contributed by atoms with E-state index in [0.717, 1.165) is 10.9 Å². The summed E-state index contributed by atoms with van der Waals surface area (Å²) in [5.41, 5.74) is 7.06. The van der Waals surface area contributed by atoms with Gasteiger partial charge < -0.3 is 34.4 Å². The summed E-state index contributed by atoms with van der Waals surface area (Å²) in [5, 5.41) is 12.6. The molecule has 3 atom stereocenters. The number of nitrogen functional groups attached to an aromatic ring is 1. The van der Waals surface area contributed by atoms with Crippen LogP contribution in [0.2, 0.25) is 0 Å². The number of fused-ring (bicyclic) bond motifs is 2. The molecule has 0 unspecified atom stereocenters. The summed E-state index contributed by atoms with van der Waals surface area (Å²) < 4.78 is 24.3. The third-order valence-corrected chi connectivity index (χ3v) is 5.98. The number of benzene rings is 2. The minimum absolute atomic E-state index is 0.230. The van der Waals surface area contributed by atoms with E-state index in [0.29, 0.717) is 22.7 Å². The number of methoxy groups -OCH3 is 2. The smallest absolute Gasteiger partial charge is 0.354 e. The first-order chi connectivity index (χ1) is 15.3. The van der Waals surface area contributed by atoms with Gasteiger partial charge in [0.05, 0.1) is 12.6 Å². The number of nitrogens with two attached hydrogens (primary N) is 1. The first kappa shape index (κ1) is 22.1. The number of hydrogen-bond acceptors (Lipinski definition) is 7. The van der Waals surface area contributed by atoms with Crippen LogP contribution < -0.4 is 10.5 Å². The van der Waals surface area contributed by atoms with Crippen molar-refractivity contribution in [2.24, 2.45) is 0 Å². The molecule has 0 saturated carbocycles. The zero-order valence-electron chi connectivity index (χ0n) is 18.6. The number of aliphatic hydroxyl groups is 1. The molecule has 170 valence electrons. The number of ether oxygens (including phenoxy) is 4. The quantitative estimate of drug-likeness (QED) is 0.345. The predicted molar refractivity (Wildman–Crippen MR) is 120 cm³/mol. The fourth-order valence-corrected chi connectivity index (χ4v) is 4.54. The molecule has 0 radical (unpaired) electrons. The highest BCUT2D eigenvalue weighted by Gasteiger charge is 2.53. The molecule has 4 rings (SSSR count). The van der Waals surface area contributed by atoms with Crippen LogP contribution >= 0.6 is 0 Å². The molecule has 3 N–H and O–H groups in total. The summed E-state index contributed by atoms with van der Waals surface area (Å²) in [4.78, 5) is 12.9. The number of carbonyl (C=O) groups excluding carboxylic acids is 1. The molecule has 1 aromatic heterocycles. The number of aliphatic hydroxyl groups excluding tert-OH is 1. The Bertz CT molecular complexity index is 1140. The summed E-state index contributed by atoms with van der Waals surface area (Å²) in [6.45, 7) is 3.70. The number of anilines is 1. The van der Waals surface area contributed by atoms with Crippen molar-refractivity contribution in [3.63, 3.8) is 0 Å². The third-order valence-electron chi connectivity index (χ3n) is 5.98.